The van der Waals surface area contributed by atoms with Gasteiger partial charge in [-0.2, -0.15) is 13.2 Å². The number of aromatic nitrogens is 1. The van der Waals surface area contributed by atoms with Crippen LogP contribution in [0.25, 0.3) is 21.8 Å². The molecule has 9 heteroatoms. The van der Waals surface area contributed by atoms with Crippen molar-refractivity contribution in [3.05, 3.63) is 89.8 Å². The Bertz CT molecular complexity index is 1280. The highest BCUT2D eigenvalue weighted by atomic mass is 32.2. The Labute approximate surface area is 181 Å². The molecule has 0 fully saturated rings. The van der Waals surface area contributed by atoms with Gasteiger partial charge in [0.05, 0.1) is 16.2 Å². The van der Waals surface area contributed by atoms with Crippen LogP contribution in [-0.2, 0) is 16.2 Å². The van der Waals surface area contributed by atoms with Gasteiger partial charge < -0.3 is 0 Å². The van der Waals surface area contributed by atoms with Gasteiger partial charge in [-0.05, 0) is 36.4 Å². The average Bonchev–Trinajstić information content (AvgIpc) is 3.24. The minimum Gasteiger partial charge on any atom is -0.280 e. The predicted octanol–water partition coefficient (Wildman–Crippen LogP) is 6.30. The van der Waals surface area contributed by atoms with Gasteiger partial charge in [0.1, 0.15) is 5.01 Å². The maximum Gasteiger partial charge on any atom is 0.416 e. The van der Waals surface area contributed by atoms with Crippen molar-refractivity contribution in [1.82, 2.24) is 4.98 Å². The highest BCUT2D eigenvalue weighted by Crippen LogP contribution is 2.31. The molecule has 4 aromatic rings. The first-order valence-electron chi connectivity index (χ1n) is 9.04. The molecule has 0 atom stereocenters. The van der Waals surface area contributed by atoms with Crippen LogP contribution in [0.3, 0.4) is 0 Å². The maximum atomic E-state index is 12.7. The van der Waals surface area contributed by atoms with Crippen LogP contribution in [0.4, 0.5) is 18.9 Å². The fourth-order valence-corrected chi connectivity index (χ4v) is 4.76. The van der Waals surface area contributed by atoms with E-state index >= 15 is 0 Å². The number of halogens is 3. The number of anilines is 1. The number of hydrogen-bond donors (Lipinski definition) is 1. The number of alkyl halides is 3. The fourth-order valence-electron chi connectivity index (χ4n) is 2.87. The Morgan fingerprint density at radius 3 is 2.06 bits per heavy atom. The van der Waals surface area contributed by atoms with Crippen LogP contribution in [0.15, 0.2) is 89.1 Å². The third-order valence-electron chi connectivity index (χ3n) is 4.45. The Hall–Kier alpha value is -3.17. The molecule has 0 aliphatic heterocycles. The molecular weight excluding hydrogens is 445 g/mol. The molecule has 0 saturated heterocycles. The third kappa shape index (κ3) is 4.78. The molecule has 31 heavy (non-hydrogen) atoms. The van der Waals surface area contributed by atoms with Crippen LogP contribution in [-0.4, -0.2) is 13.4 Å². The summed E-state index contributed by atoms with van der Waals surface area (Å²) in [5, 5.41) is 2.80. The second kappa shape index (κ2) is 8.16. The van der Waals surface area contributed by atoms with E-state index < -0.39 is 21.8 Å². The number of rotatable bonds is 5. The Morgan fingerprint density at radius 1 is 0.806 bits per heavy atom. The Kier molecular flexibility index (Phi) is 5.55. The van der Waals surface area contributed by atoms with Gasteiger partial charge in [-0.3, -0.25) is 4.72 Å². The average molecular weight is 461 g/mol. The summed E-state index contributed by atoms with van der Waals surface area (Å²) in [6.07, 6.45) is -4.53. The van der Waals surface area contributed by atoms with Crippen LogP contribution in [0, 0.1) is 0 Å². The minimum absolute atomic E-state index is 0.253. The summed E-state index contributed by atoms with van der Waals surface area (Å²) >= 11 is 1.51. The molecule has 0 amide bonds. The molecule has 1 heterocycles. The molecule has 0 spiro atoms. The summed E-state index contributed by atoms with van der Waals surface area (Å²) < 4.78 is 65.3. The van der Waals surface area contributed by atoms with Crippen molar-refractivity contribution in [3.8, 4) is 21.8 Å². The Balaban J connectivity index is 1.50. The van der Waals surface area contributed by atoms with E-state index in [9.17, 15) is 21.6 Å². The third-order valence-corrected chi connectivity index (χ3v) is 6.74. The lowest BCUT2D eigenvalue weighted by Gasteiger charge is -2.10. The summed E-state index contributed by atoms with van der Waals surface area (Å²) in [6.45, 7) is 0. The van der Waals surface area contributed by atoms with Gasteiger partial charge in [-0.15, -0.1) is 11.3 Å². The predicted molar refractivity (Wildman–Crippen MR) is 115 cm³/mol. The molecular formula is C22H15F3N2O2S2. The first kappa shape index (κ1) is 21.1. The number of thiazole rings is 1. The zero-order valence-electron chi connectivity index (χ0n) is 15.8. The SMILES string of the molecule is O=S(=O)(Nc1ccc(-c2csc(-c3ccccc3)n2)cc1)c1ccc(C(F)(F)F)cc1. The standard InChI is InChI=1S/C22H15F3N2O2S2/c23-22(24,25)17-8-12-19(13-9-17)31(28,29)27-18-10-6-15(7-11-18)20-14-30-21(26-20)16-4-2-1-3-5-16/h1-14,27H. The lowest BCUT2D eigenvalue weighted by molar-refractivity contribution is -0.137. The van der Waals surface area contributed by atoms with Gasteiger partial charge in [0.15, 0.2) is 0 Å². The van der Waals surface area contributed by atoms with Gasteiger partial charge in [0.25, 0.3) is 10.0 Å². The maximum absolute atomic E-state index is 12.7. The van der Waals surface area contributed by atoms with E-state index in [2.05, 4.69) is 9.71 Å². The van der Waals surface area contributed by atoms with Gasteiger partial charge in [-0.25, -0.2) is 13.4 Å². The first-order chi connectivity index (χ1) is 14.7. The van der Waals surface area contributed by atoms with E-state index in [4.69, 9.17) is 0 Å². The minimum atomic E-state index is -4.53. The van der Waals surface area contributed by atoms with Gasteiger partial charge >= 0.3 is 6.18 Å². The molecule has 4 rings (SSSR count). The molecule has 158 valence electrons. The fraction of sp³-hybridized carbons (Fsp3) is 0.0455. The van der Waals surface area contributed by atoms with Crippen LogP contribution in [0.5, 0.6) is 0 Å². The molecule has 0 radical (unpaired) electrons. The van der Waals surface area contributed by atoms with E-state index in [1.165, 1.54) is 11.3 Å². The molecule has 3 aromatic carbocycles. The molecule has 0 unspecified atom stereocenters. The van der Waals surface area contributed by atoms with Crippen LogP contribution >= 0.6 is 11.3 Å². The van der Waals surface area contributed by atoms with Crippen LogP contribution in [0.2, 0.25) is 0 Å². The van der Waals surface area contributed by atoms with Crippen molar-refractivity contribution in [1.29, 1.82) is 0 Å². The van der Waals surface area contributed by atoms with E-state index in [0.717, 1.165) is 46.1 Å². The van der Waals surface area contributed by atoms with E-state index in [0.29, 0.717) is 5.69 Å². The largest absolute Gasteiger partial charge is 0.416 e. The molecule has 0 aliphatic rings. The van der Waals surface area contributed by atoms with E-state index in [-0.39, 0.29) is 4.90 Å². The quantitative estimate of drug-likeness (QED) is 0.380. The summed E-state index contributed by atoms with van der Waals surface area (Å²) in [5.41, 5.74) is 1.98. The first-order valence-corrected chi connectivity index (χ1v) is 11.4. The zero-order valence-corrected chi connectivity index (χ0v) is 17.4. The second-order valence-corrected chi connectivity index (χ2v) is 9.15. The number of sulfonamides is 1. The van der Waals surface area contributed by atoms with Crippen molar-refractivity contribution in [2.45, 2.75) is 11.1 Å². The number of hydrogen-bond acceptors (Lipinski definition) is 4. The number of nitrogens with zero attached hydrogens (tertiary/aromatic N) is 1. The van der Waals surface area contributed by atoms with Crippen LogP contribution < -0.4 is 4.72 Å². The normalized spacial score (nSPS) is 12.0. The van der Waals surface area contributed by atoms with E-state index in [1.54, 1.807) is 24.3 Å². The lowest BCUT2D eigenvalue weighted by atomic mass is 10.1. The van der Waals surface area contributed by atoms with Crippen molar-refractivity contribution >= 4 is 27.0 Å². The van der Waals surface area contributed by atoms with Crippen molar-refractivity contribution in [2.24, 2.45) is 0 Å². The highest BCUT2D eigenvalue weighted by molar-refractivity contribution is 7.92. The summed E-state index contributed by atoms with van der Waals surface area (Å²) in [5.74, 6) is 0. The highest BCUT2D eigenvalue weighted by Gasteiger charge is 2.30. The lowest BCUT2D eigenvalue weighted by Crippen LogP contribution is -2.13. The molecule has 1 N–H and O–H groups in total. The smallest absolute Gasteiger partial charge is 0.280 e. The molecule has 0 bridgehead atoms. The summed E-state index contributed by atoms with van der Waals surface area (Å²) in [4.78, 5) is 4.37. The molecule has 0 aliphatic carbocycles. The summed E-state index contributed by atoms with van der Waals surface area (Å²) in [6, 6.07) is 19.7. The van der Waals surface area contributed by atoms with Crippen molar-refractivity contribution < 1.29 is 21.6 Å². The Morgan fingerprint density at radius 2 is 1.45 bits per heavy atom. The zero-order chi connectivity index (χ0) is 22.1. The second-order valence-electron chi connectivity index (χ2n) is 6.61. The van der Waals surface area contributed by atoms with Gasteiger partial charge in [0, 0.05) is 22.2 Å². The molecule has 0 saturated carbocycles. The molecule has 1 aromatic heterocycles. The van der Waals surface area contributed by atoms with Crippen molar-refractivity contribution in [3.63, 3.8) is 0 Å². The van der Waals surface area contributed by atoms with Crippen molar-refractivity contribution in [2.75, 3.05) is 4.72 Å². The van der Waals surface area contributed by atoms with Gasteiger partial charge in [-0.1, -0.05) is 42.5 Å². The van der Waals surface area contributed by atoms with Crippen LogP contribution in [0.1, 0.15) is 5.56 Å². The number of benzene rings is 3. The molecule has 4 nitrogen and oxygen atoms in total. The van der Waals surface area contributed by atoms with Gasteiger partial charge in [0.2, 0.25) is 0 Å². The topological polar surface area (TPSA) is 59.1 Å². The summed E-state index contributed by atoms with van der Waals surface area (Å²) in [7, 11) is -4.02. The monoisotopic (exact) mass is 460 g/mol. The number of nitrogens with one attached hydrogen (secondary N) is 1. The van der Waals surface area contributed by atoms with E-state index in [1.807, 2.05) is 35.7 Å².